The monoisotopic (exact) mass is 397 g/mol. The van der Waals surface area contributed by atoms with E-state index in [1.165, 1.54) is 11.2 Å². The Labute approximate surface area is 170 Å². The molecule has 0 radical (unpaired) electrons. The molecule has 8 nitrogen and oxygen atoms in total. The molecular formula is C21H27N5O3. The first-order chi connectivity index (χ1) is 13.6. The fourth-order valence-corrected chi connectivity index (χ4v) is 3.45. The van der Waals surface area contributed by atoms with Crippen molar-refractivity contribution in [2.45, 2.75) is 51.6 Å². The summed E-state index contributed by atoms with van der Waals surface area (Å²) in [5.41, 5.74) is 8.18. The smallest absolute Gasteiger partial charge is 0.414 e. The lowest BCUT2D eigenvalue weighted by molar-refractivity contribution is -0.116. The molecule has 29 heavy (non-hydrogen) atoms. The molecule has 3 N–H and O–H groups in total. The summed E-state index contributed by atoms with van der Waals surface area (Å²) in [6, 6.07) is 7.57. The summed E-state index contributed by atoms with van der Waals surface area (Å²) in [6.07, 6.45) is 1.25. The van der Waals surface area contributed by atoms with E-state index in [0.717, 1.165) is 5.56 Å². The van der Waals surface area contributed by atoms with Crippen molar-refractivity contribution in [3.05, 3.63) is 41.9 Å². The highest BCUT2D eigenvalue weighted by Crippen LogP contribution is 2.42. The number of ether oxygens (including phenoxy) is 1. The van der Waals surface area contributed by atoms with Gasteiger partial charge in [0.2, 0.25) is 5.91 Å². The van der Waals surface area contributed by atoms with Crippen molar-refractivity contribution in [1.82, 2.24) is 9.97 Å². The third-order valence-corrected chi connectivity index (χ3v) is 4.96. The van der Waals surface area contributed by atoms with Crippen LogP contribution < -0.4 is 16.0 Å². The minimum absolute atomic E-state index is 0.0728. The van der Waals surface area contributed by atoms with Gasteiger partial charge < -0.3 is 15.8 Å². The van der Waals surface area contributed by atoms with Gasteiger partial charge in [-0.25, -0.2) is 14.8 Å². The van der Waals surface area contributed by atoms with Crippen molar-refractivity contribution >= 4 is 29.2 Å². The fraction of sp³-hybridized carbons (Fsp3) is 0.429. The van der Waals surface area contributed by atoms with Crippen LogP contribution in [0.15, 0.2) is 30.6 Å². The van der Waals surface area contributed by atoms with Crippen LogP contribution in [0.3, 0.4) is 0 Å². The summed E-state index contributed by atoms with van der Waals surface area (Å²) in [4.78, 5) is 34.7. The molecule has 3 rings (SSSR count). The Balaban J connectivity index is 1.93. The van der Waals surface area contributed by atoms with Crippen LogP contribution in [-0.2, 0) is 9.53 Å². The molecular weight excluding hydrogens is 370 g/mol. The minimum Gasteiger partial charge on any atom is -0.443 e. The van der Waals surface area contributed by atoms with E-state index in [2.05, 4.69) is 15.3 Å². The van der Waals surface area contributed by atoms with Crippen molar-refractivity contribution in [2.75, 3.05) is 23.0 Å². The van der Waals surface area contributed by atoms with Crippen molar-refractivity contribution < 1.29 is 14.3 Å². The topological polar surface area (TPSA) is 110 Å². The number of nitrogens with two attached hydrogens (primary N) is 1. The van der Waals surface area contributed by atoms with Crippen molar-refractivity contribution in [1.29, 1.82) is 0 Å². The first kappa shape index (κ1) is 20.6. The van der Waals surface area contributed by atoms with Gasteiger partial charge in [-0.15, -0.1) is 0 Å². The second kappa shape index (κ2) is 7.69. The predicted octanol–water partition coefficient (Wildman–Crippen LogP) is 3.66. The van der Waals surface area contributed by atoms with Gasteiger partial charge in [0, 0.05) is 31.0 Å². The highest BCUT2D eigenvalue weighted by Gasteiger charge is 2.32. The zero-order chi connectivity index (χ0) is 21.3. The standard InChI is InChI=1S/C21H27N5O3/c1-12-15(10-16(27)25-18-17(12)23-11-24-19(18)22)13-7-6-8-14(9-13)26(5)20(28)29-21(2,3)4/h6-9,11-12,15H,10H2,1-5H3,(H,25,27)(H2,22,23,24). The van der Waals surface area contributed by atoms with Crippen LogP contribution in [-0.4, -0.2) is 34.6 Å². The van der Waals surface area contributed by atoms with Gasteiger partial charge in [-0.2, -0.15) is 0 Å². The maximum Gasteiger partial charge on any atom is 0.414 e. The van der Waals surface area contributed by atoms with Crippen LogP contribution in [0, 0.1) is 0 Å². The molecule has 0 saturated heterocycles. The molecule has 2 aromatic rings. The number of nitrogen functional groups attached to an aromatic ring is 1. The first-order valence-corrected chi connectivity index (χ1v) is 9.53. The molecule has 0 spiro atoms. The number of aromatic nitrogens is 2. The Hall–Kier alpha value is -3.16. The van der Waals surface area contributed by atoms with Gasteiger partial charge in [-0.1, -0.05) is 19.1 Å². The van der Waals surface area contributed by atoms with Crippen molar-refractivity contribution in [2.24, 2.45) is 0 Å². The molecule has 154 valence electrons. The number of rotatable bonds is 2. The Kier molecular flexibility index (Phi) is 5.46. The molecule has 2 heterocycles. The van der Waals surface area contributed by atoms with Crippen molar-refractivity contribution in [3.63, 3.8) is 0 Å². The maximum atomic E-state index is 12.5. The maximum absolute atomic E-state index is 12.5. The average molecular weight is 397 g/mol. The average Bonchev–Trinajstić information content (AvgIpc) is 2.77. The van der Waals surface area contributed by atoms with E-state index in [4.69, 9.17) is 10.5 Å². The van der Waals surface area contributed by atoms with Crippen molar-refractivity contribution in [3.8, 4) is 0 Å². The number of fused-ring (bicyclic) bond motifs is 1. The fourth-order valence-electron chi connectivity index (χ4n) is 3.45. The lowest BCUT2D eigenvalue weighted by Gasteiger charge is -2.26. The lowest BCUT2D eigenvalue weighted by atomic mass is 9.83. The van der Waals surface area contributed by atoms with E-state index in [9.17, 15) is 9.59 Å². The summed E-state index contributed by atoms with van der Waals surface area (Å²) in [6.45, 7) is 7.49. The molecule has 2 unspecified atom stereocenters. The Morgan fingerprint density at radius 3 is 2.72 bits per heavy atom. The molecule has 0 fully saturated rings. The van der Waals surface area contributed by atoms with Crippen LogP contribution in [0.5, 0.6) is 0 Å². The summed E-state index contributed by atoms with van der Waals surface area (Å²) < 4.78 is 5.45. The van der Waals surface area contributed by atoms with Crippen LogP contribution in [0.1, 0.15) is 57.2 Å². The molecule has 2 amide bonds. The highest BCUT2D eigenvalue weighted by atomic mass is 16.6. The number of benzene rings is 1. The largest absolute Gasteiger partial charge is 0.443 e. The van der Waals surface area contributed by atoms with Gasteiger partial charge in [-0.3, -0.25) is 9.69 Å². The second-order valence-corrected chi connectivity index (χ2v) is 8.30. The van der Waals surface area contributed by atoms with E-state index in [0.29, 0.717) is 17.1 Å². The van der Waals surface area contributed by atoms with Gasteiger partial charge >= 0.3 is 6.09 Å². The highest BCUT2D eigenvalue weighted by molar-refractivity contribution is 5.95. The summed E-state index contributed by atoms with van der Waals surface area (Å²) in [7, 11) is 1.67. The van der Waals surface area contributed by atoms with Gasteiger partial charge in [0.05, 0.1) is 5.69 Å². The molecule has 0 saturated carbocycles. The quantitative estimate of drug-likeness (QED) is 0.800. The SMILES string of the molecule is CC1c2ncnc(N)c2NC(=O)CC1c1cccc(N(C)C(=O)OC(C)(C)C)c1. The summed E-state index contributed by atoms with van der Waals surface area (Å²) >= 11 is 0. The third kappa shape index (κ3) is 4.47. The van der Waals surface area contributed by atoms with Crippen LogP contribution in [0.2, 0.25) is 0 Å². The molecule has 1 aromatic carbocycles. The Bertz CT molecular complexity index is 938. The third-order valence-electron chi connectivity index (χ3n) is 4.96. The number of hydrogen-bond donors (Lipinski definition) is 2. The lowest BCUT2D eigenvalue weighted by Crippen LogP contribution is -2.34. The van der Waals surface area contributed by atoms with Gasteiger partial charge in [-0.05, 0) is 38.5 Å². The first-order valence-electron chi connectivity index (χ1n) is 9.53. The van der Waals surface area contributed by atoms with E-state index in [-0.39, 0.29) is 30.0 Å². The Morgan fingerprint density at radius 1 is 1.31 bits per heavy atom. The molecule has 0 bridgehead atoms. The summed E-state index contributed by atoms with van der Waals surface area (Å²) in [5, 5.41) is 2.83. The molecule has 1 aliphatic rings. The zero-order valence-corrected chi connectivity index (χ0v) is 17.4. The van der Waals surface area contributed by atoms with Crippen LogP contribution >= 0.6 is 0 Å². The number of amides is 2. The van der Waals surface area contributed by atoms with Gasteiger partial charge in [0.25, 0.3) is 0 Å². The normalized spacial score (nSPS) is 19.0. The molecule has 1 aliphatic heterocycles. The van der Waals surface area contributed by atoms with Gasteiger partial charge in [0.1, 0.15) is 17.6 Å². The molecule has 0 aliphatic carbocycles. The van der Waals surface area contributed by atoms with Gasteiger partial charge in [0.15, 0.2) is 5.82 Å². The zero-order valence-electron chi connectivity index (χ0n) is 17.4. The predicted molar refractivity (Wildman–Crippen MR) is 112 cm³/mol. The molecule has 8 heteroatoms. The number of hydrogen-bond acceptors (Lipinski definition) is 6. The summed E-state index contributed by atoms with van der Waals surface area (Å²) in [5.74, 6) is -0.0869. The van der Waals surface area contributed by atoms with E-state index in [1.807, 2.05) is 52.0 Å². The van der Waals surface area contributed by atoms with E-state index >= 15 is 0 Å². The number of nitrogens with one attached hydrogen (secondary N) is 1. The van der Waals surface area contributed by atoms with E-state index in [1.54, 1.807) is 7.05 Å². The van der Waals surface area contributed by atoms with Crippen LogP contribution in [0.25, 0.3) is 0 Å². The Morgan fingerprint density at radius 2 is 2.03 bits per heavy atom. The molecule has 2 atom stereocenters. The number of carbonyl (C=O) groups excluding carboxylic acids is 2. The van der Waals surface area contributed by atoms with E-state index < -0.39 is 11.7 Å². The number of anilines is 3. The molecule has 1 aromatic heterocycles. The number of nitrogens with zero attached hydrogens (tertiary/aromatic N) is 3. The van der Waals surface area contributed by atoms with Crippen LogP contribution in [0.4, 0.5) is 22.0 Å². The number of carbonyl (C=O) groups is 2. The second-order valence-electron chi connectivity index (χ2n) is 8.30. The minimum atomic E-state index is -0.583.